The Morgan fingerprint density at radius 2 is 2.06 bits per heavy atom. The highest BCUT2D eigenvalue weighted by molar-refractivity contribution is 7.13. The second-order valence-electron chi connectivity index (χ2n) is 7.70. The molecule has 1 saturated heterocycles. The number of piperidine rings is 1. The fourth-order valence-electron chi connectivity index (χ4n) is 3.78. The molecule has 2 aromatic carbocycles. The van der Waals surface area contributed by atoms with Crippen molar-refractivity contribution in [3.63, 3.8) is 0 Å². The molecule has 1 aromatic heterocycles. The van der Waals surface area contributed by atoms with Gasteiger partial charge in [0.25, 0.3) is 0 Å². The van der Waals surface area contributed by atoms with E-state index >= 15 is 0 Å². The smallest absolute Gasteiger partial charge is 0.226 e. The summed E-state index contributed by atoms with van der Waals surface area (Å²) in [4.78, 5) is 31.2. The average molecular weight is 450 g/mol. The summed E-state index contributed by atoms with van der Waals surface area (Å²) in [5.41, 5.74) is 3.55. The van der Waals surface area contributed by atoms with Crippen molar-refractivity contribution in [2.24, 2.45) is 0 Å². The normalized spacial score (nSPS) is 13.8. The van der Waals surface area contributed by atoms with Crippen LogP contribution in [0.3, 0.4) is 0 Å². The molecule has 32 heavy (non-hydrogen) atoms. The van der Waals surface area contributed by atoms with Gasteiger partial charge in [0.2, 0.25) is 11.8 Å². The standard InChI is InChI=1S/C25H27N3O3S/c1-2-31-22-11-4-3-10-21(22)25-27-19(17-32-25)15-23(29)26-16-18-8-7-9-20(14-18)28-13-6-5-12-24(28)30/h3-4,7-11,14,17H,2,5-6,12-13,15-16H2,1H3,(H,26,29). The van der Waals surface area contributed by atoms with Crippen molar-refractivity contribution in [1.82, 2.24) is 10.3 Å². The molecule has 166 valence electrons. The number of carbonyl (C=O) groups is 2. The van der Waals surface area contributed by atoms with Crippen LogP contribution in [-0.4, -0.2) is 29.9 Å². The van der Waals surface area contributed by atoms with Crippen molar-refractivity contribution in [2.45, 2.75) is 39.2 Å². The number of benzene rings is 2. The molecule has 0 atom stereocenters. The SMILES string of the molecule is CCOc1ccccc1-c1nc(CC(=O)NCc2cccc(N3CCCCC3=O)c2)cs1. The van der Waals surface area contributed by atoms with Crippen LogP contribution in [0.2, 0.25) is 0 Å². The first-order valence-electron chi connectivity index (χ1n) is 11.0. The number of hydrogen-bond acceptors (Lipinski definition) is 5. The van der Waals surface area contributed by atoms with Crippen LogP contribution in [0.4, 0.5) is 5.69 Å². The second kappa shape index (κ2) is 10.4. The van der Waals surface area contributed by atoms with E-state index < -0.39 is 0 Å². The molecule has 6 nitrogen and oxygen atoms in total. The number of carbonyl (C=O) groups excluding carboxylic acids is 2. The maximum absolute atomic E-state index is 12.5. The van der Waals surface area contributed by atoms with Gasteiger partial charge in [-0.1, -0.05) is 24.3 Å². The summed E-state index contributed by atoms with van der Waals surface area (Å²) in [5, 5.41) is 5.73. The van der Waals surface area contributed by atoms with Gasteiger partial charge in [-0.05, 0) is 49.6 Å². The number of hydrogen-bond donors (Lipinski definition) is 1. The molecule has 0 bridgehead atoms. The second-order valence-corrected chi connectivity index (χ2v) is 8.56. The fourth-order valence-corrected chi connectivity index (χ4v) is 4.63. The monoisotopic (exact) mass is 449 g/mol. The van der Waals surface area contributed by atoms with Crippen LogP contribution in [0.5, 0.6) is 5.75 Å². The van der Waals surface area contributed by atoms with Crippen molar-refractivity contribution in [3.05, 3.63) is 65.2 Å². The van der Waals surface area contributed by atoms with Gasteiger partial charge in [-0.2, -0.15) is 0 Å². The Labute approximate surface area is 192 Å². The number of anilines is 1. The van der Waals surface area contributed by atoms with Gasteiger partial charge in [0.05, 0.1) is 24.3 Å². The molecule has 0 radical (unpaired) electrons. The molecule has 0 saturated carbocycles. The molecule has 1 N–H and O–H groups in total. The van der Waals surface area contributed by atoms with Crippen LogP contribution >= 0.6 is 11.3 Å². The number of rotatable bonds is 8. The highest BCUT2D eigenvalue weighted by Gasteiger charge is 2.19. The van der Waals surface area contributed by atoms with Crippen LogP contribution in [0.15, 0.2) is 53.9 Å². The van der Waals surface area contributed by atoms with Gasteiger partial charge in [0.15, 0.2) is 0 Å². The Hall–Kier alpha value is -3.19. The van der Waals surface area contributed by atoms with Crippen LogP contribution in [0.1, 0.15) is 37.4 Å². The zero-order valence-electron chi connectivity index (χ0n) is 18.2. The van der Waals surface area contributed by atoms with E-state index in [9.17, 15) is 9.59 Å². The van der Waals surface area contributed by atoms with Gasteiger partial charge in [-0.3, -0.25) is 9.59 Å². The number of nitrogens with one attached hydrogen (secondary N) is 1. The molecule has 1 aliphatic rings. The summed E-state index contributed by atoms with van der Waals surface area (Å²) in [5.74, 6) is 0.884. The summed E-state index contributed by atoms with van der Waals surface area (Å²) < 4.78 is 5.69. The fraction of sp³-hybridized carbons (Fsp3) is 0.320. The number of nitrogens with zero attached hydrogens (tertiary/aromatic N) is 2. The summed E-state index contributed by atoms with van der Waals surface area (Å²) in [6, 6.07) is 15.6. The van der Waals surface area contributed by atoms with Gasteiger partial charge in [0.1, 0.15) is 10.8 Å². The van der Waals surface area contributed by atoms with Crippen LogP contribution in [0, 0.1) is 0 Å². The number of aromatic nitrogens is 1. The third-order valence-electron chi connectivity index (χ3n) is 5.35. The molecule has 2 heterocycles. The molecule has 2 amide bonds. The van der Waals surface area contributed by atoms with Crippen molar-refractivity contribution in [1.29, 1.82) is 0 Å². The van der Waals surface area contributed by atoms with Crippen LogP contribution in [0.25, 0.3) is 10.6 Å². The van der Waals surface area contributed by atoms with Gasteiger partial charge >= 0.3 is 0 Å². The van der Waals surface area contributed by atoms with Gasteiger partial charge in [-0.25, -0.2) is 4.98 Å². The minimum atomic E-state index is -0.0839. The predicted octanol–water partition coefficient (Wildman–Crippen LogP) is 4.58. The third kappa shape index (κ3) is 5.34. The van der Waals surface area contributed by atoms with E-state index in [0.29, 0.717) is 19.6 Å². The van der Waals surface area contributed by atoms with Crippen molar-refractivity contribution in [2.75, 3.05) is 18.1 Å². The molecule has 0 spiro atoms. The van der Waals surface area contributed by atoms with E-state index in [2.05, 4.69) is 10.3 Å². The number of para-hydroxylation sites is 1. The first-order chi connectivity index (χ1) is 15.6. The zero-order chi connectivity index (χ0) is 22.3. The van der Waals surface area contributed by atoms with E-state index in [0.717, 1.165) is 52.7 Å². The molecular formula is C25H27N3O3S. The molecule has 7 heteroatoms. The minimum Gasteiger partial charge on any atom is -0.493 e. The number of amides is 2. The van der Waals surface area contributed by atoms with E-state index in [1.54, 1.807) is 0 Å². The lowest BCUT2D eigenvalue weighted by Crippen LogP contribution is -2.35. The summed E-state index contributed by atoms with van der Waals surface area (Å²) in [6.07, 6.45) is 2.81. The van der Waals surface area contributed by atoms with Crippen LogP contribution in [-0.2, 0) is 22.6 Å². The largest absolute Gasteiger partial charge is 0.493 e. The minimum absolute atomic E-state index is 0.0839. The molecule has 1 aliphatic heterocycles. The Balaban J connectivity index is 1.35. The lowest BCUT2D eigenvalue weighted by Gasteiger charge is -2.27. The molecule has 1 fully saturated rings. The third-order valence-corrected chi connectivity index (χ3v) is 6.27. The Kier molecular flexibility index (Phi) is 7.17. The Morgan fingerprint density at radius 3 is 2.91 bits per heavy atom. The van der Waals surface area contributed by atoms with Gasteiger partial charge in [-0.15, -0.1) is 11.3 Å². The Bertz CT molecular complexity index is 1100. The highest BCUT2D eigenvalue weighted by atomic mass is 32.1. The average Bonchev–Trinajstić information content (AvgIpc) is 3.27. The van der Waals surface area contributed by atoms with E-state index in [4.69, 9.17) is 4.74 Å². The first kappa shape index (κ1) is 22.0. The Morgan fingerprint density at radius 1 is 1.19 bits per heavy atom. The quantitative estimate of drug-likeness (QED) is 0.546. The molecule has 4 rings (SSSR count). The molecular weight excluding hydrogens is 422 g/mol. The highest BCUT2D eigenvalue weighted by Crippen LogP contribution is 2.32. The predicted molar refractivity (Wildman–Crippen MR) is 127 cm³/mol. The number of thiazole rings is 1. The summed E-state index contributed by atoms with van der Waals surface area (Å²) in [7, 11) is 0. The maximum Gasteiger partial charge on any atom is 0.226 e. The molecule has 0 unspecified atom stereocenters. The van der Waals surface area contributed by atoms with Crippen LogP contribution < -0.4 is 15.0 Å². The molecule has 0 aliphatic carbocycles. The van der Waals surface area contributed by atoms with Gasteiger partial charge < -0.3 is 15.0 Å². The summed E-state index contributed by atoms with van der Waals surface area (Å²) in [6.45, 7) is 3.71. The topological polar surface area (TPSA) is 71.5 Å². The number of ether oxygens (including phenoxy) is 1. The van der Waals surface area contributed by atoms with Crippen molar-refractivity contribution < 1.29 is 14.3 Å². The maximum atomic E-state index is 12.5. The lowest BCUT2D eigenvalue weighted by atomic mass is 10.1. The first-order valence-corrected chi connectivity index (χ1v) is 11.8. The van der Waals surface area contributed by atoms with Crippen molar-refractivity contribution in [3.8, 4) is 16.3 Å². The van der Waals surface area contributed by atoms with E-state index in [-0.39, 0.29) is 18.2 Å². The summed E-state index contributed by atoms with van der Waals surface area (Å²) >= 11 is 1.51. The molecule has 3 aromatic rings. The lowest BCUT2D eigenvalue weighted by molar-refractivity contribution is -0.121. The van der Waals surface area contributed by atoms with E-state index in [1.807, 2.05) is 65.7 Å². The van der Waals surface area contributed by atoms with E-state index in [1.165, 1.54) is 11.3 Å². The van der Waals surface area contributed by atoms with Gasteiger partial charge in [0, 0.05) is 30.6 Å². The van der Waals surface area contributed by atoms with Crippen molar-refractivity contribution >= 4 is 28.8 Å². The zero-order valence-corrected chi connectivity index (χ0v) is 19.0.